The molecule has 0 radical (unpaired) electrons. The van der Waals surface area contributed by atoms with Crippen LogP contribution in [0.4, 0.5) is 0 Å². The van der Waals surface area contributed by atoms with Gasteiger partial charge in [-0.3, -0.25) is 0 Å². The molecule has 0 spiro atoms. The Balaban J connectivity index is 1.84. The molecule has 17 heavy (non-hydrogen) atoms. The van der Waals surface area contributed by atoms with Crippen molar-refractivity contribution in [3.05, 3.63) is 54.1 Å². The van der Waals surface area contributed by atoms with Crippen LogP contribution in [0.2, 0.25) is 0 Å². The van der Waals surface area contributed by atoms with Crippen molar-refractivity contribution in [2.75, 3.05) is 6.79 Å². The van der Waals surface area contributed by atoms with Crippen LogP contribution in [0.5, 0.6) is 17.2 Å². The second-order valence-electron chi connectivity index (χ2n) is 3.80. The van der Waals surface area contributed by atoms with E-state index in [4.69, 9.17) is 14.2 Å². The molecule has 0 unspecified atom stereocenters. The first-order chi connectivity index (χ1) is 8.42. The first-order valence-corrected chi connectivity index (χ1v) is 5.48. The average Bonchev–Trinajstić information content (AvgIpc) is 2.40. The molecule has 0 saturated carbocycles. The highest BCUT2D eigenvalue weighted by molar-refractivity contribution is 5.42. The van der Waals surface area contributed by atoms with Crippen molar-refractivity contribution >= 4 is 0 Å². The Kier molecular flexibility index (Phi) is 2.68. The minimum Gasteiger partial charge on any atom is -0.467 e. The van der Waals surface area contributed by atoms with Crippen LogP contribution in [-0.4, -0.2) is 6.79 Å². The highest BCUT2D eigenvalue weighted by Crippen LogP contribution is 2.30. The lowest BCUT2D eigenvalue weighted by atomic mass is 10.2. The summed E-state index contributed by atoms with van der Waals surface area (Å²) in [7, 11) is 0. The molecule has 3 nitrogen and oxygen atoms in total. The fraction of sp³-hybridized carbons (Fsp3) is 0.143. The maximum Gasteiger partial charge on any atom is 0.189 e. The second-order valence-corrected chi connectivity index (χ2v) is 3.80. The minimum absolute atomic E-state index is 0.325. The number of fused-ring (bicyclic) bond motifs is 1. The van der Waals surface area contributed by atoms with Crippen LogP contribution in [0.15, 0.2) is 48.5 Å². The van der Waals surface area contributed by atoms with Gasteiger partial charge in [0.05, 0.1) is 6.61 Å². The molecule has 0 bridgehead atoms. The summed E-state index contributed by atoms with van der Waals surface area (Å²) in [4.78, 5) is 0. The van der Waals surface area contributed by atoms with E-state index in [0.717, 1.165) is 22.8 Å². The van der Waals surface area contributed by atoms with E-state index in [0.29, 0.717) is 13.4 Å². The summed E-state index contributed by atoms with van der Waals surface area (Å²) in [6.07, 6.45) is 0. The monoisotopic (exact) mass is 228 g/mol. The molecule has 1 heterocycles. The normalized spacial score (nSPS) is 13.6. The quantitative estimate of drug-likeness (QED) is 0.789. The van der Waals surface area contributed by atoms with Crippen molar-refractivity contribution in [2.24, 2.45) is 0 Å². The van der Waals surface area contributed by atoms with Crippen LogP contribution >= 0.6 is 0 Å². The maximum absolute atomic E-state index is 5.73. The van der Waals surface area contributed by atoms with Gasteiger partial charge in [0.15, 0.2) is 6.79 Å². The standard InChI is InChI=1S/C14H12O3/c1-2-4-12(5-3-1)17-13-6-7-14-11(8-13)9-15-10-16-14/h1-8H,9-10H2. The molecule has 0 saturated heterocycles. The smallest absolute Gasteiger partial charge is 0.189 e. The van der Waals surface area contributed by atoms with Crippen LogP contribution < -0.4 is 9.47 Å². The first kappa shape index (κ1) is 10.2. The number of benzene rings is 2. The first-order valence-electron chi connectivity index (χ1n) is 5.48. The largest absolute Gasteiger partial charge is 0.467 e. The highest BCUT2D eigenvalue weighted by Gasteiger charge is 2.11. The molecule has 2 aromatic rings. The van der Waals surface area contributed by atoms with Crippen molar-refractivity contribution in [2.45, 2.75) is 6.61 Å². The minimum atomic E-state index is 0.325. The van der Waals surface area contributed by atoms with Crippen molar-refractivity contribution < 1.29 is 14.2 Å². The van der Waals surface area contributed by atoms with Crippen molar-refractivity contribution in [3.8, 4) is 17.2 Å². The SMILES string of the molecule is c1ccc(Oc2ccc3c(c2)COCO3)cc1. The summed E-state index contributed by atoms with van der Waals surface area (Å²) in [5.74, 6) is 2.49. The van der Waals surface area contributed by atoms with Gasteiger partial charge in [0.25, 0.3) is 0 Å². The summed E-state index contributed by atoms with van der Waals surface area (Å²) >= 11 is 0. The van der Waals surface area contributed by atoms with Gasteiger partial charge in [0, 0.05) is 5.56 Å². The van der Waals surface area contributed by atoms with E-state index < -0.39 is 0 Å². The maximum atomic E-state index is 5.73. The van der Waals surface area contributed by atoms with Crippen LogP contribution in [0.1, 0.15) is 5.56 Å². The lowest BCUT2D eigenvalue weighted by molar-refractivity contribution is -0.0164. The van der Waals surface area contributed by atoms with Gasteiger partial charge in [-0.15, -0.1) is 0 Å². The van der Waals surface area contributed by atoms with Crippen molar-refractivity contribution in [1.82, 2.24) is 0 Å². The van der Waals surface area contributed by atoms with Gasteiger partial charge in [0.2, 0.25) is 0 Å². The lowest BCUT2D eigenvalue weighted by Crippen LogP contribution is -2.10. The Morgan fingerprint density at radius 1 is 0.941 bits per heavy atom. The third-order valence-electron chi connectivity index (χ3n) is 2.57. The molecule has 1 aliphatic heterocycles. The number of ether oxygens (including phenoxy) is 3. The lowest BCUT2D eigenvalue weighted by Gasteiger charge is -2.18. The van der Waals surface area contributed by atoms with E-state index in [1.807, 2.05) is 48.5 Å². The molecule has 0 amide bonds. The predicted octanol–water partition coefficient (Wildman–Crippen LogP) is 3.35. The van der Waals surface area contributed by atoms with Gasteiger partial charge in [-0.1, -0.05) is 18.2 Å². The molecular weight excluding hydrogens is 216 g/mol. The highest BCUT2D eigenvalue weighted by atomic mass is 16.7. The second kappa shape index (κ2) is 4.47. The Morgan fingerprint density at radius 2 is 1.82 bits per heavy atom. The molecule has 0 atom stereocenters. The summed E-state index contributed by atoms with van der Waals surface area (Å²) in [5.41, 5.74) is 1.02. The molecular formula is C14H12O3. The van der Waals surface area contributed by atoms with Gasteiger partial charge < -0.3 is 14.2 Å². The van der Waals surface area contributed by atoms with Gasteiger partial charge in [-0.2, -0.15) is 0 Å². The zero-order chi connectivity index (χ0) is 11.5. The number of para-hydroxylation sites is 1. The summed E-state index contributed by atoms with van der Waals surface area (Å²) in [6, 6.07) is 15.5. The summed E-state index contributed by atoms with van der Waals surface area (Å²) in [6.45, 7) is 0.896. The Bertz CT molecular complexity index is 508. The fourth-order valence-corrected chi connectivity index (χ4v) is 1.75. The van der Waals surface area contributed by atoms with Crippen LogP contribution in [-0.2, 0) is 11.3 Å². The molecule has 1 aliphatic rings. The van der Waals surface area contributed by atoms with Crippen LogP contribution in [0.25, 0.3) is 0 Å². The fourth-order valence-electron chi connectivity index (χ4n) is 1.75. The zero-order valence-electron chi connectivity index (χ0n) is 9.26. The molecule has 3 heteroatoms. The zero-order valence-corrected chi connectivity index (χ0v) is 9.26. The van der Waals surface area contributed by atoms with Crippen molar-refractivity contribution in [3.63, 3.8) is 0 Å². The van der Waals surface area contributed by atoms with Gasteiger partial charge in [-0.05, 0) is 30.3 Å². The van der Waals surface area contributed by atoms with E-state index in [1.165, 1.54) is 0 Å². The third-order valence-corrected chi connectivity index (χ3v) is 2.57. The number of rotatable bonds is 2. The Morgan fingerprint density at radius 3 is 2.71 bits per heavy atom. The van der Waals surface area contributed by atoms with E-state index in [9.17, 15) is 0 Å². The summed E-state index contributed by atoms with van der Waals surface area (Å²) in [5, 5.41) is 0. The van der Waals surface area contributed by atoms with Gasteiger partial charge in [0.1, 0.15) is 17.2 Å². The number of hydrogen-bond acceptors (Lipinski definition) is 3. The van der Waals surface area contributed by atoms with E-state index >= 15 is 0 Å². The number of hydrogen-bond donors (Lipinski definition) is 0. The molecule has 3 rings (SSSR count). The Hall–Kier alpha value is -2.00. The molecule has 2 aromatic carbocycles. The van der Waals surface area contributed by atoms with E-state index in [2.05, 4.69) is 0 Å². The third kappa shape index (κ3) is 2.24. The van der Waals surface area contributed by atoms with Gasteiger partial charge >= 0.3 is 0 Å². The molecule has 0 N–H and O–H groups in total. The van der Waals surface area contributed by atoms with E-state index in [-0.39, 0.29) is 0 Å². The van der Waals surface area contributed by atoms with Crippen LogP contribution in [0.3, 0.4) is 0 Å². The molecule has 0 aromatic heterocycles. The molecule has 0 fully saturated rings. The van der Waals surface area contributed by atoms with Crippen molar-refractivity contribution in [1.29, 1.82) is 0 Å². The van der Waals surface area contributed by atoms with Gasteiger partial charge in [-0.25, -0.2) is 0 Å². The van der Waals surface area contributed by atoms with Crippen LogP contribution in [0, 0.1) is 0 Å². The van der Waals surface area contributed by atoms with E-state index in [1.54, 1.807) is 0 Å². The Labute approximate surface area is 99.6 Å². The molecule has 0 aliphatic carbocycles. The predicted molar refractivity (Wildman–Crippen MR) is 63.2 cm³/mol. The topological polar surface area (TPSA) is 27.7 Å². The molecule has 86 valence electrons. The average molecular weight is 228 g/mol. The summed E-state index contributed by atoms with van der Waals surface area (Å²) < 4.78 is 16.3.